The summed E-state index contributed by atoms with van der Waals surface area (Å²) in [6.45, 7) is 7.94. The first kappa shape index (κ1) is 27.2. The van der Waals surface area contributed by atoms with E-state index in [-0.39, 0.29) is 24.6 Å². The Hall–Kier alpha value is -3.43. The Bertz CT molecular complexity index is 1300. The van der Waals surface area contributed by atoms with Gasteiger partial charge in [0.05, 0.1) is 24.2 Å². The fourth-order valence-corrected chi connectivity index (χ4v) is 3.86. The minimum Gasteiger partial charge on any atom is -0.352 e. The molecule has 2 N–H and O–H groups in total. The summed E-state index contributed by atoms with van der Waals surface area (Å²) in [4.78, 5) is 37.1. The highest BCUT2D eigenvalue weighted by Gasteiger charge is 2.19. The summed E-state index contributed by atoms with van der Waals surface area (Å²) in [5, 5.41) is 4.31. The maximum absolute atomic E-state index is 14.7. The Morgan fingerprint density at radius 2 is 2.06 bits per heavy atom. The third-order valence-electron chi connectivity index (χ3n) is 5.73. The molecule has 2 heterocycles. The number of aromatic nitrogens is 2. The summed E-state index contributed by atoms with van der Waals surface area (Å²) in [5.41, 5.74) is 2.68. The van der Waals surface area contributed by atoms with Crippen molar-refractivity contribution in [3.8, 4) is 0 Å². The van der Waals surface area contributed by atoms with Crippen molar-refractivity contribution in [1.82, 2.24) is 20.3 Å². The number of carbonyl (C=O) groups is 1. The fraction of sp³-hybridized carbons (Fsp3) is 0.370. The number of hydrogen-bond donors (Lipinski definition) is 2. The van der Waals surface area contributed by atoms with Crippen molar-refractivity contribution in [2.75, 3.05) is 19.7 Å². The van der Waals surface area contributed by atoms with E-state index in [2.05, 4.69) is 15.3 Å². The molecule has 0 saturated carbocycles. The first-order chi connectivity index (χ1) is 17.3. The minimum absolute atomic E-state index is 0.0857. The Kier molecular flexibility index (Phi) is 9.44. The van der Waals surface area contributed by atoms with Gasteiger partial charge in [-0.25, -0.2) is 13.8 Å². The average Bonchev–Trinajstić information content (AvgIpc) is 2.84. The maximum atomic E-state index is 14.7. The van der Waals surface area contributed by atoms with Crippen LogP contribution in [0.5, 0.6) is 0 Å². The average molecular weight is 499 g/mol. The van der Waals surface area contributed by atoms with Crippen LogP contribution in [0.15, 0.2) is 63.8 Å². The molecule has 0 spiro atoms. The summed E-state index contributed by atoms with van der Waals surface area (Å²) < 4.78 is 29.1. The predicted molar refractivity (Wildman–Crippen MR) is 136 cm³/mol. The number of fused-ring (bicyclic) bond motifs is 1. The Morgan fingerprint density at radius 1 is 1.28 bits per heavy atom. The molecule has 9 heteroatoms. The predicted octanol–water partition coefficient (Wildman–Crippen LogP) is 4.57. The van der Waals surface area contributed by atoms with E-state index in [1.165, 1.54) is 13.0 Å². The summed E-state index contributed by atoms with van der Waals surface area (Å²) in [5.74, 6) is -1.07. The molecule has 0 atom stereocenters. The third-order valence-corrected chi connectivity index (χ3v) is 5.73. The van der Waals surface area contributed by atoms with Crippen molar-refractivity contribution in [2.45, 2.75) is 47.1 Å². The van der Waals surface area contributed by atoms with Gasteiger partial charge in [0.2, 0.25) is 0 Å². The number of nitrogens with zero attached hydrogens (tertiary/aromatic N) is 2. The molecular formula is C27H32F2N4O3. The number of amides is 1. The smallest absolute Gasteiger partial charge is 0.270 e. The van der Waals surface area contributed by atoms with Gasteiger partial charge < -0.3 is 10.3 Å². The van der Waals surface area contributed by atoms with Crippen molar-refractivity contribution in [3.05, 3.63) is 86.4 Å². The number of carbonyl (C=O) groups excluding carboxylic acids is 1. The van der Waals surface area contributed by atoms with Gasteiger partial charge in [0.1, 0.15) is 17.3 Å². The molecule has 192 valence electrons. The molecule has 0 unspecified atom stereocenters. The van der Waals surface area contributed by atoms with E-state index in [4.69, 9.17) is 4.84 Å². The molecule has 0 bridgehead atoms. The number of H-pyrrole nitrogens is 1. The zero-order chi connectivity index (χ0) is 26.2. The quantitative estimate of drug-likeness (QED) is 0.391. The Labute approximate surface area is 209 Å². The number of halogens is 2. The van der Waals surface area contributed by atoms with Crippen LogP contribution in [0.1, 0.15) is 45.4 Å². The number of benzene rings is 1. The monoisotopic (exact) mass is 498 g/mol. The van der Waals surface area contributed by atoms with Crippen LogP contribution < -0.4 is 10.9 Å². The first-order valence-electron chi connectivity index (χ1n) is 12.1. The molecular weight excluding hydrogens is 466 g/mol. The van der Waals surface area contributed by atoms with Crippen LogP contribution in [0.2, 0.25) is 0 Å². The highest BCUT2D eigenvalue weighted by Crippen LogP contribution is 2.24. The van der Waals surface area contributed by atoms with E-state index >= 15 is 0 Å². The normalized spacial score (nSPS) is 15.8. The van der Waals surface area contributed by atoms with Gasteiger partial charge in [0.25, 0.3) is 11.5 Å². The summed E-state index contributed by atoms with van der Waals surface area (Å²) in [6, 6.07) is 2.86. The molecule has 36 heavy (non-hydrogen) atoms. The number of rotatable bonds is 9. The lowest BCUT2D eigenvalue weighted by molar-refractivity contribution is -0.156. The number of aryl methyl sites for hydroxylation is 1. The van der Waals surface area contributed by atoms with Crippen LogP contribution in [0.3, 0.4) is 0 Å². The number of hydroxylamine groups is 2. The van der Waals surface area contributed by atoms with Crippen molar-refractivity contribution >= 4 is 16.9 Å². The van der Waals surface area contributed by atoms with Crippen molar-refractivity contribution in [2.24, 2.45) is 0 Å². The van der Waals surface area contributed by atoms with Crippen LogP contribution in [0.25, 0.3) is 11.0 Å². The molecule has 1 aliphatic heterocycles. The van der Waals surface area contributed by atoms with Crippen LogP contribution in [0, 0.1) is 5.82 Å². The number of nitrogens with one attached hydrogen (secondary N) is 2. The van der Waals surface area contributed by atoms with E-state index < -0.39 is 11.6 Å². The topological polar surface area (TPSA) is 87.3 Å². The number of allylic oxidation sites excluding steroid dienone is 3. The minimum atomic E-state index is -0.453. The lowest BCUT2D eigenvalue weighted by atomic mass is 10.0. The fourth-order valence-electron chi connectivity index (χ4n) is 3.86. The second-order valence-corrected chi connectivity index (χ2v) is 8.36. The summed E-state index contributed by atoms with van der Waals surface area (Å²) in [7, 11) is 0. The van der Waals surface area contributed by atoms with E-state index in [0.29, 0.717) is 64.9 Å². The third kappa shape index (κ3) is 6.61. The first-order valence-corrected chi connectivity index (χ1v) is 12.1. The number of aromatic amines is 1. The molecule has 0 radical (unpaired) electrons. The molecule has 3 rings (SSSR count). The van der Waals surface area contributed by atoms with Gasteiger partial charge >= 0.3 is 0 Å². The second kappa shape index (κ2) is 12.5. The molecule has 7 nitrogen and oxygen atoms in total. The van der Waals surface area contributed by atoms with Gasteiger partial charge in [-0.15, -0.1) is 0 Å². The number of hydrogen-bond acceptors (Lipinski definition) is 5. The van der Waals surface area contributed by atoms with Gasteiger partial charge in [-0.2, -0.15) is 5.06 Å². The van der Waals surface area contributed by atoms with E-state index in [9.17, 15) is 18.4 Å². The lowest BCUT2D eigenvalue weighted by Crippen LogP contribution is -2.29. The highest BCUT2D eigenvalue weighted by molar-refractivity contribution is 5.96. The van der Waals surface area contributed by atoms with E-state index in [1.807, 2.05) is 26.8 Å². The molecule has 1 aromatic heterocycles. The van der Waals surface area contributed by atoms with Gasteiger partial charge in [0, 0.05) is 35.9 Å². The largest absolute Gasteiger partial charge is 0.352 e. The van der Waals surface area contributed by atoms with Gasteiger partial charge in [-0.1, -0.05) is 32.1 Å². The highest BCUT2D eigenvalue weighted by atomic mass is 19.1. The zero-order valence-electron chi connectivity index (χ0n) is 21.1. The van der Waals surface area contributed by atoms with Crippen molar-refractivity contribution in [1.29, 1.82) is 0 Å². The molecule has 2 aromatic rings. The zero-order valence-corrected chi connectivity index (χ0v) is 21.1. The van der Waals surface area contributed by atoms with Gasteiger partial charge in [-0.05, 0) is 44.4 Å². The molecule has 1 aliphatic rings. The second-order valence-electron chi connectivity index (χ2n) is 8.36. The molecule has 0 aliphatic carbocycles. The van der Waals surface area contributed by atoms with E-state index in [1.54, 1.807) is 29.4 Å². The standard InChI is InChI=1S/C27H32F2N4O3/c1-5-8-18(26(34)30-7-3)9-10-21(17(4)28)19-11-12-33(36-16-19)15-20-13-24-25(14-22(20)29)31-23(6-2)27(35)32-24/h8-11,13-14H,5-7,12,15-16H2,1-4H3,(H,30,34)(H,32,35)/b10-9-,18-8-,21-17-. The van der Waals surface area contributed by atoms with Gasteiger partial charge in [0.15, 0.2) is 0 Å². The van der Waals surface area contributed by atoms with Crippen molar-refractivity contribution in [3.63, 3.8) is 0 Å². The SMILES string of the molecule is CC/C=C(/C=C\C(C1=CCN(Cc2cc3[nH]c(=O)c(CC)nc3cc2F)OC1)=C(/C)F)C(=O)NCC. The van der Waals surface area contributed by atoms with E-state index in [0.717, 1.165) is 0 Å². The number of likely N-dealkylation sites (N-methyl/N-ethyl adjacent to an activating group) is 1. The van der Waals surface area contributed by atoms with Crippen LogP contribution in [-0.2, 0) is 22.6 Å². The van der Waals surface area contributed by atoms with Crippen LogP contribution in [-0.4, -0.2) is 40.6 Å². The lowest BCUT2D eigenvalue weighted by Gasteiger charge is -2.26. The van der Waals surface area contributed by atoms with Crippen molar-refractivity contribution < 1.29 is 18.4 Å². The maximum Gasteiger partial charge on any atom is 0.270 e. The molecule has 1 amide bonds. The molecule has 0 saturated heterocycles. The van der Waals surface area contributed by atoms with Gasteiger partial charge in [-0.3, -0.25) is 14.4 Å². The van der Waals surface area contributed by atoms with Crippen LogP contribution in [0.4, 0.5) is 8.78 Å². The van der Waals surface area contributed by atoms with Crippen LogP contribution >= 0.6 is 0 Å². The summed E-state index contributed by atoms with van der Waals surface area (Å²) >= 11 is 0. The summed E-state index contributed by atoms with van der Waals surface area (Å²) in [6.07, 6.45) is 7.90. The Morgan fingerprint density at radius 3 is 2.67 bits per heavy atom. The molecule has 0 fully saturated rings. The Balaban J connectivity index is 1.76. The molecule has 1 aromatic carbocycles.